The molecule has 0 unspecified atom stereocenters. The van der Waals surface area contributed by atoms with Crippen LogP contribution in [0.15, 0.2) is 0 Å². The van der Waals surface area contributed by atoms with Gasteiger partial charge in [-0.3, -0.25) is 4.90 Å². The van der Waals surface area contributed by atoms with E-state index in [0.29, 0.717) is 0 Å². The fourth-order valence-corrected chi connectivity index (χ4v) is 2.82. The number of likely N-dealkylation sites (N-methyl/N-ethyl adjacent to an activating group) is 1. The van der Waals surface area contributed by atoms with Crippen molar-refractivity contribution in [1.82, 2.24) is 20.0 Å². The van der Waals surface area contributed by atoms with Gasteiger partial charge in [0.1, 0.15) is 5.01 Å². The standard InChI is InChI=1S/C11H21N5S/c1-12-11-14-13-10(17-11)9-15(2)7-8-16-5-3-4-6-16/h3-9H2,1-2H3,(H,12,14). The van der Waals surface area contributed by atoms with Gasteiger partial charge in [0, 0.05) is 20.1 Å². The lowest BCUT2D eigenvalue weighted by atomic mass is 10.4. The molecule has 1 aromatic heterocycles. The number of anilines is 1. The molecule has 17 heavy (non-hydrogen) atoms. The zero-order valence-electron chi connectivity index (χ0n) is 10.6. The Balaban J connectivity index is 1.70. The Hall–Kier alpha value is -0.720. The van der Waals surface area contributed by atoms with Crippen LogP contribution in [0, 0.1) is 0 Å². The van der Waals surface area contributed by atoms with Crippen molar-refractivity contribution in [3.63, 3.8) is 0 Å². The third-order valence-electron chi connectivity index (χ3n) is 3.08. The first kappa shape index (κ1) is 12.7. The summed E-state index contributed by atoms with van der Waals surface area (Å²) in [4.78, 5) is 4.86. The minimum Gasteiger partial charge on any atom is -0.363 e. The third-order valence-corrected chi connectivity index (χ3v) is 4.01. The van der Waals surface area contributed by atoms with E-state index in [0.717, 1.165) is 23.2 Å². The van der Waals surface area contributed by atoms with Gasteiger partial charge in [0.05, 0.1) is 6.54 Å². The SMILES string of the molecule is CNc1nnc(CN(C)CCN2CCCC2)s1. The Kier molecular flexibility index (Phi) is 4.70. The summed E-state index contributed by atoms with van der Waals surface area (Å²) in [6.07, 6.45) is 2.73. The average Bonchev–Trinajstić information content (AvgIpc) is 2.97. The lowest BCUT2D eigenvalue weighted by Crippen LogP contribution is -2.31. The van der Waals surface area contributed by atoms with Gasteiger partial charge in [-0.05, 0) is 33.0 Å². The van der Waals surface area contributed by atoms with Gasteiger partial charge in [-0.25, -0.2) is 0 Å². The van der Waals surface area contributed by atoms with E-state index in [1.165, 1.54) is 32.5 Å². The van der Waals surface area contributed by atoms with Crippen molar-refractivity contribution in [2.75, 3.05) is 45.6 Å². The Morgan fingerprint density at radius 3 is 2.76 bits per heavy atom. The highest BCUT2D eigenvalue weighted by atomic mass is 32.1. The van der Waals surface area contributed by atoms with Gasteiger partial charge in [0.2, 0.25) is 5.13 Å². The molecule has 5 nitrogen and oxygen atoms in total. The molecule has 0 amide bonds. The molecule has 0 saturated carbocycles. The fourth-order valence-electron chi connectivity index (χ4n) is 2.05. The second kappa shape index (κ2) is 6.28. The van der Waals surface area contributed by atoms with Crippen molar-refractivity contribution in [3.8, 4) is 0 Å². The van der Waals surface area contributed by atoms with Crippen molar-refractivity contribution in [2.45, 2.75) is 19.4 Å². The fraction of sp³-hybridized carbons (Fsp3) is 0.818. The van der Waals surface area contributed by atoms with Crippen LogP contribution in [0.3, 0.4) is 0 Å². The van der Waals surface area contributed by atoms with Gasteiger partial charge < -0.3 is 10.2 Å². The monoisotopic (exact) mass is 255 g/mol. The maximum absolute atomic E-state index is 4.16. The van der Waals surface area contributed by atoms with Crippen LogP contribution in [0.25, 0.3) is 0 Å². The molecule has 1 N–H and O–H groups in total. The van der Waals surface area contributed by atoms with Crippen molar-refractivity contribution in [3.05, 3.63) is 5.01 Å². The maximum atomic E-state index is 4.16. The Labute approximate surface area is 107 Å². The first-order chi connectivity index (χ1) is 8.28. The Morgan fingerprint density at radius 1 is 1.35 bits per heavy atom. The molecule has 6 heteroatoms. The lowest BCUT2D eigenvalue weighted by molar-refractivity contribution is 0.252. The topological polar surface area (TPSA) is 44.3 Å². The summed E-state index contributed by atoms with van der Waals surface area (Å²) in [6, 6.07) is 0. The van der Waals surface area contributed by atoms with Gasteiger partial charge >= 0.3 is 0 Å². The lowest BCUT2D eigenvalue weighted by Gasteiger charge is -2.20. The quantitative estimate of drug-likeness (QED) is 0.825. The number of likely N-dealkylation sites (tertiary alicyclic amines) is 1. The van der Waals surface area contributed by atoms with Gasteiger partial charge in [0.15, 0.2) is 0 Å². The molecule has 96 valence electrons. The number of aromatic nitrogens is 2. The molecule has 0 bridgehead atoms. The highest BCUT2D eigenvalue weighted by Gasteiger charge is 2.12. The molecule has 0 radical (unpaired) electrons. The molecule has 1 saturated heterocycles. The molecular formula is C11H21N5S. The van der Waals surface area contributed by atoms with E-state index in [2.05, 4.69) is 32.4 Å². The number of hydrogen-bond donors (Lipinski definition) is 1. The molecule has 0 aliphatic carbocycles. The van der Waals surface area contributed by atoms with E-state index in [9.17, 15) is 0 Å². The molecular weight excluding hydrogens is 234 g/mol. The highest BCUT2D eigenvalue weighted by Crippen LogP contribution is 2.15. The van der Waals surface area contributed by atoms with Gasteiger partial charge in [-0.15, -0.1) is 10.2 Å². The second-order valence-electron chi connectivity index (χ2n) is 4.54. The van der Waals surface area contributed by atoms with E-state index in [1.807, 2.05) is 7.05 Å². The van der Waals surface area contributed by atoms with Crippen molar-refractivity contribution in [2.24, 2.45) is 0 Å². The maximum Gasteiger partial charge on any atom is 0.205 e. The molecule has 1 aromatic rings. The van der Waals surface area contributed by atoms with Crippen LogP contribution < -0.4 is 5.32 Å². The van der Waals surface area contributed by atoms with E-state index < -0.39 is 0 Å². The summed E-state index contributed by atoms with van der Waals surface area (Å²) in [5.41, 5.74) is 0. The van der Waals surface area contributed by atoms with Crippen LogP contribution in [0.4, 0.5) is 5.13 Å². The first-order valence-electron chi connectivity index (χ1n) is 6.19. The third kappa shape index (κ3) is 3.90. The minimum atomic E-state index is 0.896. The zero-order valence-corrected chi connectivity index (χ0v) is 11.5. The number of rotatable bonds is 6. The Morgan fingerprint density at radius 2 is 2.12 bits per heavy atom. The smallest absolute Gasteiger partial charge is 0.205 e. The van der Waals surface area contributed by atoms with Crippen LogP contribution in [0.1, 0.15) is 17.8 Å². The summed E-state index contributed by atoms with van der Waals surface area (Å²) in [5.74, 6) is 0. The second-order valence-corrected chi connectivity index (χ2v) is 5.60. The van der Waals surface area contributed by atoms with Crippen LogP contribution in [-0.2, 0) is 6.54 Å². The molecule has 0 spiro atoms. The molecule has 2 rings (SSSR count). The largest absolute Gasteiger partial charge is 0.363 e. The van der Waals surface area contributed by atoms with Crippen molar-refractivity contribution in [1.29, 1.82) is 0 Å². The van der Waals surface area contributed by atoms with Crippen LogP contribution in [-0.4, -0.2) is 60.3 Å². The van der Waals surface area contributed by atoms with Crippen molar-refractivity contribution >= 4 is 16.5 Å². The van der Waals surface area contributed by atoms with Crippen LogP contribution >= 0.6 is 11.3 Å². The average molecular weight is 255 g/mol. The number of nitrogens with zero attached hydrogens (tertiary/aromatic N) is 4. The molecule has 2 heterocycles. The predicted molar refractivity (Wildman–Crippen MR) is 71.5 cm³/mol. The molecule has 0 aromatic carbocycles. The van der Waals surface area contributed by atoms with E-state index in [-0.39, 0.29) is 0 Å². The number of hydrogen-bond acceptors (Lipinski definition) is 6. The van der Waals surface area contributed by atoms with Crippen LogP contribution in [0.5, 0.6) is 0 Å². The molecule has 0 atom stereocenters. The summed E-state index contributed by atoms with van der Waals surface area (Å²) in [6.45, 7) is 5.73. The molecule has 1 aliphatic heterocycles. The number of nitrogens with one attached hydrogen (secondary N) is 1. The highest BCUT2D eigenvalue weighted by molar-refractivity contribution is 7.15. The summed E-state index contributed by atoms with van der Waals surface area (Å²) in [5, 5.41) is 13.2. The molecule has 1 aliphatic rings. The van der Waals surface area contributed by atoms with Gasteiger partial charge in [-0.2, -0.15) is 0 Å². The van der Waals surface area contributed by atoms with Crippen LogP contribution in [0.2, 0.25) is 0 Å². The first-order valence-corrected chi connectivity index (χ1v) is 7.00. The van der Waals surface area contributed by atoms with Crippen molar-refractivity contribution < 1.29 is 0 Å². The summed E-state index contributed by atoms with van der Waals surface area (Å²) >= 11 is 1.63. The van der Waals surface area contributed by atoms with E-state index in [4.69, 9.17) is 0 Å². The normalized spacial score (nSPS) is 16.9. The summed E-state index contributed by atoms with van der Waals surface area (Å²) in [7, 11) is 4.03. The van der Waals surface area contributed by atoms with Gasteiger partial charge in [0.25, 0.3) is 0 Å². The molecule has 1 fully saturated rings. The predicted octanol–water partition coefficient (Wildman–Crippen LogP) is 1.11. The summed E-state index contributed by atoms with van der Waals surface area (Å²) < 4.78 is 0. The Bertz CT molecular complexity index is 334. The minimum absolute atomic E-state index is 0.896. The van der Waals surface area contributed by atoms with E-state index in [1.54, 1.807) is 11.3 Å². The zero-order chi connectivity index (χ0) is 12.1. The van der Waals surface area contributed by atoms with Gasteiger partial charge in [-0.1, -0.05) is 11.3 Å². The van der Waals surface area contributed by atoms with E-state index >= 15 is 0 Å².